The van der Waals surface area contributed by atoms with E-state index in [0.717, 1.165) is 17.9 Å². The molecular weight excluding hydrogens is 180 g/mol. The lowest BCUT2D eigenvalue weighted by atomic mass is 10.3. The number of rotatable bonds is 4. The van der Waals surface area contributed by atoms with Crippen molar-refractivity contribution in [2.24, 2.45) is 0 Å². The average Bonchev–Trinajstić information content (AvgIpc) is 2.63. The molecule has 0 spiro atoms. The number of carbonyl (C=O) groups is 1. The number of nitrogens with one attached hydrogen (secondary N) is 3. The molecule has 0 saturated heterocycles. The molecule has 14 heavy (non-hydrogen) atoms. The Bertz CT molecular complexity index is 328. The zero-order valence-corrected chi connectivity index (χ0v) is 7.66. The molecule has 2 rings (SSSR count). The number of amides is 1. The second kappa shape index (κ2) is 3.97. The van der Waals surface area contributed by atoms with Crippen LogP contribution < -0.4 is 21.3 Å². The highest BCUT2D eigenvalue weighted by molar-refractivity contribution is 5.72. The Balaban J connectivity index is 1.99. The highest BCUT2D eigenvalue weighted by atomic mass is 16.1. The van der Waals surface area contributed by atoms with Gasteiger partial charge in [-0.1, -0.05) is 12.1 Å². The predicted molar refractivity (Wildman–Crippen MR) is 54.6 cm³/mol. The molecule has 5 heteroatoms. The van der Waals surface area contributed by atoms with E-state index in [4.69, 9.17) is 0 Å². The smallest absolute Gasteiger partial charge is 0.207 e. The summed E-state index contributed by atoms with van der Waals surface area (Å²) in [5.74, 6) is 0. The second-order valence-corrected chi connectivity index (χ2v) is 2.98. The van der Waals surface area contributed by atoms with Gasteiger partial charge in [0.05, 0.1) is 17.9 Å². The first-order chi connectivity index (χ1) is 6.92. The maximum Gasteiger partial charge on any atom is 0.207 e. The van der Waals surface area contributed by atoms with Gasteiger partial charge in [0.15, 0.2) is 0 Å². The fourth-order valence-electron chi connectivity index (χ4n) is 1.41. The number of hydrazine groups is 2. The number of hydrogen-bond donors (Lipinski definition) is 3. The summed E-state index contributed by atoms with van der Waals surface area (Å²) in [4.78, 5) is 10.1. The molecule has 0 aromatic heterocycles. The minimum absolute atomic E-state index is 0.618. The fourth-order valence-corrected chi connectivity index (χ4v) is 1.41. The molecule has 0 saturated carbocycles. The quantitative estimate of drug-likeness (QED) is 0.467. The van der Waals surface area contributed by atoms with Crippen LogP contribution in [0.5, 0.6) is 0 Å². The molecule has 0 aliphatic carbocycles. The third-order valence-corrected chi connectivity index (χ3v) is 2.08. The van der Waals surface area contributed by atoms with Crippen LogP contribution in [-0.4, -0.2) is 19.5 Å². The fraction of sp³-hybridized carbons (Fsp3) is 0.222. The molecule has 3 N–H and O–H groups in total. The van der Waals surface area contributed by atoms with Crippen molar-refractivity contribution in [3.8, 4) is 0 Å². The maximum absolute atomic E-state index is 10.1. The Morgan fingerprint density at radius 1 is 1.43 bits per heavy atom. The number of para-hydroxylation sites is 2. The van der Waals surface area contributed by atoms with Gasteiger partial charge >= 0.3 is 0 Å². The van der Waals surface area contributed by atoms with Gasteiger partial charge < -0.3 is 10.7 Å². The highest BCUT2D eigenvalue weighted by Gasteiger charge is 2.15. The van der Waals surface area contributed by atoms with Gasteiger partial charge in [0.25, 0.3) is 0 Å². The maximum atomic E-state index is 10.1. The Kier molecular flexibility index (Phi) is 2.51. The lowest BCUT2D eigenvalue weighted by Crippen LogP contribution is -2.40. The molecular formula is C9H12N4O. The largest absolute Gasteiger partial charge is 0.357 e. The van der Waals surface area contributed by atoms with Crippen LogP contribution in [0, 0.1) is 0 Å². The van der Waals surface area contributed by atoms with Gasteiger partial charge in [-0.3, -0.25) is 9.80 Å². The van der Waals surface area contributed by atoms with Gasteiger partial charge in [-0.05, 0) is 12.1 Å². The summed E-state index contributed by atoms with van der Waals surface area (Å²) in [6.45, 7) is 1.34. The third-order valence-electron chi connectivity index (χ3n) is 2.08. The van der Waals surface area contributed by atoms with Gasteiger partial charge in [-0.2, -0.15) is 0 Å². The summed E-state index contributed by atoms with van der Waals surface area (Å²) in [5.41, 5.74) is 8.20. The Morgan fingerprint density at radius 2 is 2.29 bits per heavy atom. The lowest BCUT2D eigenvalue weighted by molar-refractivity contribution is -0.109. The first kappa shape index (κ1) is 8.83. The van der Waals surface area contributed by atoms with E-state index in [1.807, 2.05) is 29.3 Å². The molecule has 0 fully saturated rings. The Morgan fingerprint density at radius 3 is 3.14 bits per heavy atom. The van der Waals surface area contributed by atoms with Gasteiger partial charge in [0.1, 0.15) is 0 Å². The molecule has 0 bridgehead atoms. The Hall–Kier alpha value is -1.75. The minimum Gasteiger partial charge on any atom is -0.357 e. The first-order valence-corrected chi connectivity index (χ1v) is 4.47. The zero-order valence-electron chi connectivity index (χ0n) is 7.66. The van der Waals surface area contributed by atoms with Gasteiger partial charge in [0, 0.05) is 6.54 Å². The first-order valence-electron chi connectivity index (χ1n) is 4.47. The molecule has 1 aromatic carbocycles. The number of hydrogen-bond acceptors (Lipinski definition) is 4. The zero-order chi connectivity index (χ0) is 9.80. The molecule has 1 heterocycles. The topological polar surface area (TPSA) is 56.4 Å². The van der Waals surface area contributed by atoms with Gasteiger partial charge in [-0.25, -0.2) is 0 Å². The van der Waals surface area contributed by atoms with Crippen LogP contribution in [0.4, 0.5) is 11.4 Å². The molecule has 0 atom stereocenters. The van der Waals surface area contributed by atoms with E-state index in [1.54, 1.807) is 0 Å². The lowest BCUT2D eigenvalue weighted by Gasteiger charge is -2.16. The van der Waals surface area contributed by atoms with E-state index in [-0.39, 0.29) is 0 Å². The van der Waals surface area contributed by atoms with E-state index in [9.17, 15) is 4.79 Å². The van der Waals surface area contributed by atoms with Crippen LogP contribution >= 0.6 is 0 Å². The summed E-state index contributed by atoms with van der Waals surface area (Å²) in [6.07, 6.45) is 0.704. The minimum atomic E-state index is 0.618. The summed E-state index contributed by atoms with van der Waals surface area (Å²) in [7, 11) is 0. The van der Waals surface area contributed by atoms with E-state index in [2.05, 4.69) is 16.3 Å². The van der Waals surface area contributed by atoms with E-state index in [1.165, 1.54) is 0 Å². The van der Waals surface area contributed by atoms with Crippen molar-refractivity contribution >= 4 is 17.8 Å². The second-order valence-electron chi connectivity index (χ2n) is 2.98. The van der Waals surface area contributed by atoms with E-state index in [0.29, 0.717) is 13.0 Å². The molecule has 1 amide bonds. The van der Waals surface area contributed by atoms with Crippen molar-refractivity contribution in [1.82, 2.24) is 10.9 Å². The number of anilines is 2. The van der Waals surface area contributed by atoms with Crippen molar-refractivity contribution in [3.05, 3.63) is 24.3 Å². The van der Waals surface area contributed by atoms with Crippen molar-refractivity contribution < 1.29 is 4.79 Å². The van der Waals surface area contributed by atoms with Crippen LogP contribution in [0.1, 0.15) is 0 Å². The molecule has 0 radical (unpaired) electrons. The normalized spacial score (nSPS) is 13.3. The van der Waals surface area contributed by atoms with Crippen molar-refractivity contribution in [1.29, 1.82) is 0 Å². The third kappa shape index (κ3) is 1.62. The van der Waals surface area contributed by atoms with Gasteiger partial charge in [-0.15, -0.1) is 5.53 Å². The van der Waals surface area contributed by atoms with Crippen molar-refractivity contribution in [2.45, 2.75) is 0 Å². The number of benzene rings is 1. The summed E-state index contributed by atoms with van der Waals surface area (Å²) < 4.78 is 0. The van der Waals surface area contributed by atoms with E-state index < -0.39 is 0 Å². The van der Waals surface area contributed by atoms with Crippen LogP contribution in [0.25, 0.3) is 0 Å². The van der Waals surface area contributed by atoms with Crippen LogP contribution in [0.15, 0.2) is 24.3 Å². The standard InChI is InChI=1S/C9H12N4O/c14-7-10-5-6-13-9-4-2-1-3-8(9)11-12-13/h1-4,7,11-12H,5-6H2,(H,10,14). The van der Waals surface area contributed by atoms with Crippen LogP contribution in [0.2, 0.25) is 0 Å². The molecule has 0 unspecified atom stereocenters. The molecule has 1 aliphatic rings. The molecule has 1 aromatic rings. The van der Waals surface area contributed by atoms with Crippen molar-refractivity contribution in [3.63, 3.8) is 0 Å². The molecule has 1 aliphatic heterocycles. The number of carbonyl (C=O) groups excluding carboxylic acids is 1. The average molecular weight is 192 g/mol. The predicted octanol–water partition coefficient (Wildman–Crippen LogP) is 0.0841. The highest BCUT2D eigenvalue weighted by Crippen LogP contribution is 2.27. The number of fused-ring (bicyclic) bond motifs is 1. The van der Waals surface area contributed by atoms with E-state index >= 15 is 0 Å². The molecule has 74 valence electrons. The summed E-state index contributed by atoms with van der Waals surface area (Å²) in [6, 6.07) is 7.97. The summed E-state index contributed by atoms with van der Waals surface area (Å²) in [5, 5.41) is 4.57. The number of nitrogens with zero attached hydrogens (tertiary/aromatic N) is 1. The monoisotopic (exact) mass is 192 g/mol. The Labute approximate surface area is 82.0 Å². The van der Waals surface area contributed by atoms with Crippen LogP contribution in [-0.2, 0) is 4.79 Å². The van der Waals surface area contributed by atoms with Gasteiger partial charge in [0.2, 0.25) is 6.41 Å². The SMILES string of the molecule is O=CNCCN1NNc2ccccc21. The summed E-state index contributed by atoms with van der Waals surface area (Å²) >= 11 is 0. The van der Waals surface area contributed by atoms with Crippen LogP contribution in [0.3, 0.4) is 0 Å². The van der Waals surface area contributed by atoms with Crippen molar-refractivity contribution in [2.75, 3.05) is 23.5 Å². The molecule has 5 nitrogen and oxygen atoms in total.